The smallest absolute Gasteiger partial charge is 0.331 e. The molecule has 1 amide bonds. The lowest BCUT2D eigenvalue weighted by Crippen LogP contribution is -2.30. The quantitative estimate of drug-likeness (QED) is 0.574. The molecular formula is C20H21NO4. The van der Waals surface area contributed by atoms with Gasteiger partial charge in [-0.3, -0.25) is 4.79 Å². The molecule has 0 aliphatic heterocycles. The molecule has 2 aromatic carbocycles. The summed E-state index contributed by atoms with van der Waals surface area (Å²) in [5, 5.41) is 0. The van der Waals surface area contributed by atoms with E-state index in [1.54, 1.807) is 13.1 Å². The van der Waals surface area contributed by atoms with E-state index in [1.807, 2.05) is 61.5 Å². The SMILES string of the molecule is CCOc1ccccc1/C=C/C(=O)OCC(=O)N(C)c1ccccc1. The van der Waals surface area contributed by atoms with E-state index < -0.39 is 5.97 Å². The number of amides is 1. The molecule has 2 rings (SSSR count). The van der Waals surface area contributed by atoms with Crippen LogP contribution in [-0.2, 0) is 14.3 Å². The predicted octanol–water partition coefficient (Wildman–Crippen LogP) is 3.30. The van der Waals surface area contributed by atoms with Gasteiger partial charge < -0.3 is 14.4 Å². The first-order chi connectivity index (χ1) is 12.1. The summed E-state index contributed by atoms with van der Waals surface area (Å²) >= 11 is 0. The Balaban J connectivity index is 1.89. The molecule has 0 N–H and O–H groups in total. The molecule has 0 fully saturated rings. The van der Waals surface area contributed by atoms with Crippen LogP contribution in [0.25, 0.3) is 6.08 Å². The number of rotatable bonds is 7. The Bertz CT molecular complexity index is 740. The predicted molar refractivity (Wildman–Crippen MR) is 97.5 cm³/mol. The number of hydrogen-bond acceptors (Lipinski definition) is 4. The summed E-state index contributed by atoms with van der Waals surface area (Å²) in [6.07, 6.45) is 2.90. The molecule has 5 heteroatoms. The van der Waals surface area contributed by atoms with Crippen molar-refractivity contribution < 1.29 is 19.1 Å². The summed E-state index contributed by atoms with van der Waals surface area (Å²) < 4.78 is 10.5. The normalized spacial score (nSPS) is 10.5. The number of ether oxygens (including phenoxy) is 2. The molecule has 0 unspecified atom stereocenters. The Morgan fingerprint density at radius 2 is 1.72 bits per heavy atom. The molecule has 0 radical (unpaired) electrons. The highest BCUT2D eigenvalue weighted by Crippen LogP contribution is 2.19. The lowest BCUT2D eigenvalue weighted by atomic mass is 10.2. The van der Waals surface area contributed by atoms with Crippen LogP contribution in [0, 0.1) is 0 Å². The van der Waals surface area contributed by atoms with Crippen molar-refractivity contribution in [3.8, 4) is 5.75 Å². The minimum absolute atomic E-state index is 0.303. The largest absolute Gasteiger partial charge is 0.493 e. The number of para-hydroxylation sites is 2. The fourth-order valence-electron chi connectivity index (χ4n) is 2.14. The Morgan fingerprint density at radius 1 is 1.04 bits per heavy atom. The van der Waals surface area contributed by atoms with E-state index in [2.05, 4.69) is 0 Å². The maximum atomic E-state index is 12.1. The molecule has 2 aromatic rings. The van der Waals surface area contributed by atoms with Crippen molar-refractivity contribution >= 4 is 23.6 Å². The number of benzene rings is 2. The standard InChI is InChI=1S/C20H21NO4/c1-3-24-18-12-8-7-9-16(18)13-14-20(23)25-15-19(22)21(2)17-10-5-4-6-11-17/h4-14H,3,15H2,1-2H3/b14-13+. The highest BCUT2D eigenvalue weighted by molar-refractivity contribution is 5.96. The van der Waals surface area contributed by atoms with E-state index in [0.717, 1.165) is 11.3 Å². The van der Waals surface area contributed by atoms with Crippen LogP contribution < -0.4 is 9.64 Å². The van der Waals surface area contributed by atoms with Gasteiger partial charge in [0, 0.05) is 24.4 Å². The first-order valence-corrected chi connectivity index (χ1v) is 8.00. The number of likely N-dealkylation sites (N-methyl/N-ethyl adjacent to an activating group) is 1. The summed E-state index contributed by atoms with van der Waals surface area (Å²) in [5.41, 5.74) is 1.51. The van der Waals surface area contributed by atoms with Gasteiger partial charge in [-0.2, -0.15) is 0 Å². The zero-order valence-electron chi connectivity index (χ0n) is 14.3. The summed E-state index contributed by atoms with van der Waals surface area (Å²) in [6.45, 7) is 2.11. The monoisotopic (exact) mass is 339 g/mol. The van der Waals surface area contributed by atoms with Crippen LogP contribution >= 0.6 is 0 Å². The number of nitrogens with zero attached hydrogens (tertiary/aromatic N) is 1. The van der Waals surface area contributed by atoms with E-state index in [0.29, 0.717) is 12.4 Å². The third kappa shape index (κ3) is 5.49. The highest BCUT2D eigenvalue weighted by atomic mass is 16.5. The number of hydrogen-bond donors (Lipinski definition) is 0. The molecule has 5 nitrogen and oxygen atoms in total. The Labute approximate surface area is 147 Å². The van der Waals surface area contributed by atoms with Crippen molar-refractivity contribution in [1.29, 1.82) is 0 Å². The van der Waals surface area contributed by atoms with Crippen molar-refractivity contribution in [2.24, 2.45) is 0 Å². The highest BCUT2D eigenvalue weighted by Gasteiger charge is 2.12. The topological polar surface area (TPSA) is 55.8 Å². The Kier molecular flexibility index (Phi) is 6.77. The molecule has 25 heavy (non-hydrogen) atoms. The molecule has 0 spiro atoms. The summed E-state index contributed by atoms with van der Waals surface area (Å²) in [6, 6.07) is 16.5. The first-order valence-electron chi connectivity index (χ1n) is 8.00. The third-order valence-electron chi connectivity index (χ3n) is 3.47. The molecule has 0 aliphatic rings. The average molecular weight is 339 g/mol. The molecule has 0 heterocycles. The van der Waals surface area contributed by atoms with E-state index in [1.165, 1.54) is 11.0 Å². The number of carbonyl (C=O) groups is 2. The summed E-state index contributed by atoms with van der Waals surface area (Å²) in [4.78, 5) is 25.3. The van der Waals surface area contributed by atoms with Crippen molar-refractivity contribution in [3.05, 3.63) is 66.2 Å². The molecule has 0 aromatic heterocycles. The number of esters is 1. The molecule has 130 valence electrons. The minimum atomic E-state index is -0.582. The second-order valence-electron chi connectivity index (χ2n) is 5.20. The van der Waals surface area contributed by atoms with Crippen LogP contribution in [0.2, 0.25) is 0 Å². The van der Waals surface area contributed by atoms with Gasteiger partial charge in [-0.1, -0.05) is 36.4 Å². The van der Waals surface area contributed by atoms with Crippen molar-refractivity contribution in [3.63, 3.8) is 0 Å². The maximum absolute atomic E-state index is 12.1. The van der Waals surface area contributed by atoms with E-state index in [9.17, 15) is 9.59 Å². The lowest BCUT2D eigenvalue weighted by molar-refractivity contribution is -0.142. The van der Waals surface area contributed by atoms with Gasteiger partial charge in [0.25, 0.3) is 5.91 Å². The van der Waals surface area contributed by atoms with Crippen LogP contribution in [0.3, 0.4) is 0 Å². The van der Waals surface area contributed by atoms with Crippen molar-refractivity contribution in [2.75, 3.05) is 25.2 Å². The van der Waals surface area contributed by atoms with Gasteiger partial charge in [0.1, 0.15) is 5.75 Å². The van der Waals surface area contributed by atoms with E-state index in [4.69, 9.17) is 9.47 Å². The Hall–Kier alpha value is -3.08. The Morgan fingerprint density at radius 3 is 2.44 bits per heavy atom. The second-order valence-corrected chi connectivity index (χ2v) is 5.20. The average Bonchev–Trinajstić information content (AvgIpc) is 2.65. The van der Waals surface area contributed by atoms with Crippen LogP contribution in [-0.4, -0.2) is 32.1 Å². The maximum Gasteiger partial charge on any atom is 0.331 e. The van der Waals surface area contributed by atoms with Gasteiger partial charge >= 0.3 is 5.97 Å². The minimum Gasteiger partial charge on any atom is -0.493 e. The lowest BCUT2D eigenvalue weighted by Gasteiger charge is -2.16. The fraction of sp³-hybridized carbons (Fsp3) is 0.200. The second kappa shape index (κ2) is 9.27. The van der Waals surface area contributed by atoms with Gasteiger partial charge in [-0.05, 0) is 31.2 Å². The summed E-state index contributed by atoms with van der Waals surface area (Å²) in [7, 11) is 1.64. The zero-order chi connectivity index (χ0) is 18.1. The molecule has 0 bridgehead atoms. The first kappa shape index (κ1) is 18.3. The van der Waals surface area contributed by atoms with Crippen LogP contribution in [0.1, 0.15) is 12.5 Å². The zero-order valence-corrected chi connectivity index (χ0v) is 14.3. The number of carbonyl (C=O) groups excluding carboxylic acids is 2. The summed E-state index contributed by atoms with van der Waals surface area (Å²) in [5.74, 6) is -0.197. The van der Waals surface area contributed by atoms with Crippen LogP contribution in [0.15, 0.2) is 60.7 Å². The van der Waals surface area contributed by atoms with Crippen LogP contribution in [0.5, 0.6) is 5.75 Å². The molecule has 0 aliphatic carbocycles. The molecule has 0 saturated heterocycles. The van der Waals surface area contributed by atoms with Gasteiger partial charge in [-0.25, -0.2) is 4.79 Å². The molecule has 0 saturated carbocycles. The third-order valence-corrected chi connectivity index (χ3v) is 3.47. The molecule has 0 atom stereocenters. The van der Waals surface area contributed by atoms with Gasteiger partial charge in [0.05, 0.1) is 6.61 Å². The van der Waals surface area contributed by atoms with Gasteiger partial charge in [-0.15, -0.1) is 0 Å². The van der Waals surface area contributed by atoms with Crippen molar-refractivity contribution in [2.45, 2.75) is 6.92 Å². The van der Waals surface area contributed by atoms with E-state index in [-0.39, 0.29) is 12.5 Å². The molecular weight excluding hydrogens is 318 g/mol. The van der Waals surface area contributed by atoms with Crippen LogP contribution in [0.4, 0.5) is 5.69 Å². The van der Waals surface area contributed by atoms with Gasteiger partial charge in [0.2, 0.25) is 0 Å². The van der Waals surface area contributed by atoms with E-state index >= 15 is 0 Å². The number of anilines is 1. The van der Waals surface area contributed by atoms with Crippen molar-refractivity contribution in [1.82, 2.24) is 0 Å². The van der Waals surface area contributed by atoms with Gasteiger partial charge in [0.15, 0.2) is 6.61 Å². The fourth-order valence-corrected chi connectivity index (χ4v) is 2.14.